The van der Waals surface area contributed by atoms with Gasteiger partial charge in [0.15, 0.2) is 0 Å². The molecule has 0 spiro atoms. The predicted molar refractivity (Wildman–Crippen MR) is 126 cm³/mol. The van der Waals surface area contributed by atoms with Gasteiger partial charge in [-0.2, -0.15) is 0 Å². The quantitative estimate of drug-likeness (QED) is 0.635. The molecule has 1 unspecified atom stereocenters. The summed E-state index contributed by atoms with van der Waals surface area (Å²) >= 11 is 1.61. The predicted octanol–water partition coefficient (Wildman–Crippen LogP) is 3.52. The van der Waals surface area contributed by atoms with Gasteiger partial charge in [0.05, 0.1) is 18.8 Å². The summed E-state index contributed by atoms with van der Waals surface area (Å²) in [5.41, 5.74) is 1.97. The van der Waals surface area contributed by atoms with Gasteiger partial charge in [-0.15, -0.1) is 11.8 Å². The van der Waals surface area contributed by atoms with Crippen molar-refractivity contribution in [3.8, 4) is 5.75 Å². The van der Waals surface area contributed by atoms with Crippen LogP contribution in [0.1, 0.15) is 18.9 Å². The fourth-order valence-corrected chi connectivity index (χ4v) is 4.26. The topological polar surface area (TPSA) is 61.9 Å². The molecule has 31 heavy (non-hydrogen) atoms. The SMILES string of the molecule is COc1ccc(CCC(=O)N2CCN(C(C)C(=O)Nc3ccccc3SC)CC2)cc1. The fourth-order valence-electron chi connectivity index (χ4n) is 3.71. The number of methoxy groups -OCH3 is 1. The molecule has 0 aromatic heterocycles. The number of carbonyl (C=O) groups is 2. The summed E-state index contributed by atoms with van der Waals surface area (Å²) in [6.07, 6.45) is 3.21. The van der Waals surface area contributed by atoms with Crippen molar-refractivity contribution < 1.29 is 14.3 Å². The molecule has 0 bridgehead atoms. The number of piperazine rings is 1. The van der Waals surface area contributed by atoms with Gasteiger partial charge < -0.3 is 15.0 Å². The molecule has 7 heteroatoms. The van der Waals surface area contributed by atoms with Gasteiger partial charge in [-0.05, 0) is 49.4 Å². The smallest absolute Gasteiger partial charge is 0.241 e. The van der Waals surface area contributed by atoms with Crippen molar-refractivity contribution >= 4 is 29.3 Å². The van der Waals surface area contributed by atoms with Crippen molar-refractivity contribution in [1.82, 2.24) is 9.80 Å². The van der Waals surface area contributed by atoms with Crippen LogP contribution in [0.15, 0.2) is 53.4 Å². The Hall–Kier alpha value is -2.51. The van der Waals surface area contributed by atoms with E-state index in [0.29, 0.717) is 32.6 Å². The number of ether oxygens (including phenoxy) is 1. The normalized spacial score (nSPS) is 15.4. The lowest BCUT2D eigenvalue weighted by atomic mass is 10.1. The second-order valence-corrected chi connectivity index (χ2v) is 8.48. The van der Waals surface area contributed by atoms with Crippen molar-refractivity contribution in [2.75, 3.05) is 44.9 Å². The summed E-state index contributed by atoms with van der Waals surface area (Å²) in [6.45, 7) is 4.64. The molecule has 1 saturated heterocycles. The van der Waals surface area contributed by atoms with E-state index >= 15 is 0 Å². The van der Waals surface area contributed by atoms with Gasteiger partial charge in [0, 0.05) is 37.5 Å². The molecule has 2 amide bonds. The number of benzene rings is 2. The lowest BCUT2D eigenvalue weighted by molar-refractivity contribution is -0.133. The van der Waals surface area contributed by atoms with Crippen LogP contribution in [0.4, 0.5) is 5.69 Å². The Morgan fingerprint density at radius 3 is 2.39 bits per heavy atom. The van der Waals surface area contributed by atoms with E-state index in [-0.39, 0.29) is 17.9 Å². The highest BCUT2D eigenvalue weighted by molar-refractivity contribution is 7.98. The van der Waals surface area contributed by atoms with E-state index in [1.165, 1.54) is 0 Å². The van der Waals surface area contributed by atoms with Crippen LogP contribution in [0, 0.1) is 0 Å². The Kier molecular flexibility index (Phi) is 8.37. The monoisotopic (exact) mass is 441 g/mol. The van der Waals surface area contributed by atoms with Crippen LogP contribution in [0.2, 0.25) is 0 Å². The number of para-hydroxylation sites is 1. The summed E-state index contributed by atoms with van der Waals surface area (Å²) in [6, 6.07) is 15.4. The van der Waals surface area contributed by atoms with Crippen LogP contribution in [-0.4, -0.2) is 67.2 Å². The maximum absolute atomic E-state index is 12.7. The van der Waals surface area contributed by atoms with Gasteiger partial charge in [-0.25, -0.2) is 0 Å². The van der Waals surface area contributed by atoms with Gasteiger partial charge in [-0.3, -0.25) is 14.5 Å². The van der Waals surface area contributed by atoms with Crippen LogP contribution in [0.25, 0.3) is 0 Å². The Balaban J connectivity index is 1.45. The fraction of sp³-hybridized carbons (Fsp3) is 0.417. The molecule has 6 nitrogen and oxygen atoms in total. The average molecular weight is 442 g/mol. The Bertz CT molecular complexity index is 880. The van der Waals surface area contributed by atoms with Crippen LogP contribution >= 0.6 is 11.8 Å². The minimum Gasteiger partial charge on any atom is -0.497 e. The number of nitrogens with one attached hydrogen (secondary N) is 1. The Labute approximate surface area is 188 Å². The number of thioether (sulfide) groups is 1. The third kappa shape index (κ3) is 6.24. The van der Waals surface area contributed by atoms with Gasteiger partial charge >= 0.3 is 0 Å². The maximum Gasteiger partial charge on any atom is 0.241 e. The van der Waals surface area contributed by atoms with E-state index in [0.717, 1.165) is 28.3 Å². The molecule has 0 radical (unpaired) electrons. The van der Waals surface area contributed by atoms with Crippen LogP contribution in [0.3, 0.4) is 0 Å². The second kappa shape index (κ2) is 11.2. The first kappa shape index (κ1) is 23.2. The highest BCUT2D eigenvalue weighted by Gasteiger charge is 2.27. The summed E-state index contributed by atoms with van der Waals surface area (Å²) in [7, 11) is 1.64. The average Bonchev–Trinajstić information content (AvgIpc) is 2.82. The summed E-state index contributed by atoms with van der Waals surface area (Å²) < 4.78 is 5.17. The van der Waals surface area contributed by atoms with Crippen LogP contribution in [-0.2, 0) is 16.0 Å². The molecule has 1 heterocycles. The number of anilines is 1. The summed E-state index contributed by atoms with van der Waals surface area (Å²) in [5.74, 6) is 0.976. The van der Waals surface area contributed by atoms with E-state index < -0.39 is 0 Å². The maximum atomic E-state index is 12.7. The number of aryl methyl sites for hydroxylation is 1. The van der Waals surface area contributed by atoms with Gasteiger partial charge in [-0.1, -0.05) is 24.3 Å². The summed E-state index contributed by atoms with van der Waals surface area (Å²) in [4.78, 5) is 30.5. The lowest BCUT2D eigenvalue weighted by Gasteiger charge is -2.37. The highest BCUT2D eigenvalue weighted by Crippen LogP contribution is 2.25. The molecule has 2 aromatic rings. The second-order valence-electron chi connectivity index (χ2n) is 7.63. The van der Waals surface area contributed by atoms with E-state index in [4.69, 9.17) is 4.74 Å². The molecule has 1 aliphatic rings. The minimum absolute atomic E-state index is 0.0132. The minimum atomic E-state index is -0.244. The summed E-state index contributed by atoms with van der Waals surface area (Å²) in [5, 5.41) is 3.05. The van der Waals surface area contributed by atoms with Crippen molar-refractivity contribution in [2.24, 2.45) is 0 Å². The molecule has 0 aliphatic carbocycles. The third-order valence-corrected chi connectivity index (χ3v) is 6.54. The molecule has 1 N–H and O–H groups in total. The number of nitrogens with zero attached hydrogens (tertiary/aromatic N) is 2. The molecule has 166 valence electrons. The van der Waals surface area contributed by atoms with Gasteiger partial charge in [0.1, 0.15) is 5.75 Å². The molecule has 2 aromatic carbocycles. The van der Waals surface area contributed by atoms with E-state index in [1.54, 1.807) is 18.9 Å². The highest BCUT2D eigenvalue weighted by atomic mass is 32.2. The van der Waals surface area contributed by atoms with E-state index in [1.807, 2.05) is 66.6 Å². The van der Waals surface area contributed by atoms with Crippen LogP contribution < -0.4 is 10.1 Å². The number of hydrogen-bond acceptors (Lipinski definition) is 5. The standard InChI is InChI=1S/C24H31N3O3S/c1-18(24(29)25-21-6-4-5-7-22(21)31-3)26-14-16-27(17-15-26)23(28)13-10-19-8-11-20(30-2)12-9-19/h4-9,11-12,18H,10,13-17H2,1-3H3,(H,25,29). The van der Waals surface area contributed by atoms with E-state index in [9.17, 15) is 9.59 Å². The van der Waals surface area contributed by atoms with Crippen molar-refractivity contribution in [2.45, 2.75) is 30.7 Å². The van der Waals surface area contributed by atoms with Crippen molar-refractivity contribution in [3.05, 3.63) is 54.1 Å². The van der Waals surface area contributed by atoms with Gasteiger partial charge in [0.25, 0.3) is 0 Å². The molecular formula is C24H31N3O3S. The lowest BCUT2D eigenvalue weighted by Crippen LogP contribution is -2.54. The molecule has 1 atom stereocenters. The first-order chi connectivity index (χ1) is 15.0. The van der Waals surface area contributed by atoms with Gasteiger partial charge in [0.2, 0.25) is 11.8 Å². The Morgan fingerprint density at radius 1 is 1.06 bits per heavy atom. The number of carbonyl (C=O) groups excluding carboxylic acids is 2. The van der Waals surface area contributed by atoms with E-state index in [2.05, 4.69) is 10.2 Å². The number of rotatable bonds is 8. The zero-order chi connectivity index (χ0) is 22.2. The van der Waals surface area contributed by atoms with Crippen LogP contribution in [0.5, 0.6) is 5.75 Å². The Morgan fingerprint density at radius 2 is 1.74 bits per heavy atom. The zero-order valence-corrected chi connectivity index (χ0v) is 19.3. The molecule has 1 fully saturated rings. The first-order valence-electron chi connectivity index (χ1n) is 10.6. The molecule has 0 saturated carbocycles. The number of amides is 2. The molecule has 1 aliphatic heterocycles. The largest absolute Gasteiger partial charge is 0.497 e. The third-order valence-electron chi connectivity index (χ3n) is 5.75. The zero-order valence-electron chi connectivity index (χ0n) is 18.5. The molecule has 3 rings (SSSR count). The van der Waals surface area contributed by atoms with Crippen molar-refractivity contribution in [1.29, 1.82) is 0 Å². The molecular weight excluding hydrogens is 410 g/mol. The first-order valence-corrected chi connectivity index (χ1v) is 11.8. The van der Waals surface area contributed by atoms with Crippen molar-refractivity contribution in [3.63, 3.8) is 0 Å². The number of hydrogen-bond donors (Lipinski definition) is 1.